The van der Waals surface area contributed by atoms with E-state index in [1.165, 1.54) is 6.92 Å². The summed E-state index contributed by atoms with van der Waals surface area (Å²) in [6, 6.07) is 12.9. The van der Waals surface area contributed by atoms with Crippen molar-refractivity contribution in [3.63, 3.8) is 0 Å². The maximum Gasteiger partial charge on any atom is 0.282 e. The van der Waals surface area contributed by atoms with Crippen molar-refractivity contribution in [2.45, 2.75) is 13.3 Å². The quantitative estimate of drug-likeness (QED) is 0.734. The molecule has 3 aromatic rings. The molecule has 0 bridgehead atoms. The highest BCUT2D eigenvalue weighted by Crippen LogP contribution is 2.16. The Balaban J connectivity index is 2.40. The molecule has 0 aliphatic heterocycles. The van der Waals surface area contributed by atoms with Crippen LogP contribution in [0.1, 0.15) is 12.7 Å². The number of hydrogen-bond donors (Lipinski definition) is 0. The van der Waals surface area contributed by atoms with Gasteiger partial charge in [-0.25, -0.2) is 4.98 Å². The van der Waals surface area contributed by atoms with E-state index in [9.17, 15) is 9.59 Å². The zero-order chi connectivity index (χ0) is 14.8. The van der Waals surface area contributed by atoms with Crippen LogP contribution < -0.4 is 5.56 Å². The summed E-state index contributed by atoms with van der Waals surface area (Å²) in [6.45, 7) is 1.48. The summed E-state index contributed by atoms with van der Waals surface area (Å²) in [5, 5.41) is 0.439. The van der Waals surface area contributed by atoms with Crippen molar-refractivity contribution in [2.24, 2.45) is 0 Å². The Bertz CT molecular complexity index is 870. The predicted molar refractivity (Wildman–Crippen MR) is 79.5 cm³/mol. The standard InChI is InChI=1S/C16H13N3O2/c1-11(20)10-14-18-16(21)13-8-5-9-17-15(13)19(14)12-6-3-2-4-7-12/h2-9H,10H2,1H3. The van der Waals surface area contributed by atoms with Gasteiger partial charge >= 0.3 is 0 Å². The SMILES string of the molecule is CC(=O)Cc1nc(=O)c2cccnc2n1-c1ccccc1. The molecule has 0 saturated heterocycles. The normalized spacial score (nSPS) is 10.7. The molecule has 0 aliphatic rings. The lowest BCUT2D eigenvalue weighted by Crippen LogP contribution is -2.20. The Morgan fingerprint density at radius 2 is 1.90 bits per heavy atom. The number of ketones is 1. The number of nitrogens with zero attached hydrogens (tertiary/aromatic N) is 3. The van der Waals surface area contributed by atoms with E-state index in [1.807, 2.05) is 30.3 Å². The van der Waals surface area contributed by atoms with Crippen LogP contribution in [0.15, 0.2) is 53.5 Å². The molecule has 5 nitrogen and oxygen atoms in total. The monoisotopic (exact) mass is 279 g/mol. The summed E-state index contributed by atoms with van der Waals surface area (Å²) in [5.41, 5.74) is 0.978. The van der Waals surface area contributed by atoms with Gasteiger partial charge in [0.05, 0.1) is 11.8 Å². The van der Waals surface area contributed by atoms with Crippen molar-refractivity contribution in [1.82, 2.24) is 14.5 Å². The lowest BCUT2D eigenvalue weighted by Gasteiger charge is -2.14. The molecule has 104 valence electrons. The molecular weight excluding hydrogens is 266 g/mol. The van der Waals surface area contributed by atoms with E-state index in [0.29, 0.717) is 16.9 Å². The van der Waals surface area contributed by atoms with Gasteiger partial charge in [0.1, 0.15) is 11.6 Å². The second kappa shape index (κ2) is 5.28. The van der Waals surface area contributed by atoms with Crippen molar-refractivity contribution in [2.75, 3.05) is 0 Å². The van der Waals surface area contributed by atoms with Crippen LogP contribution >= 0.6 is 0 Å². The van der Waals surface area contributed by atoms with E-state index in [-0.39, 0.29) is 17.8 Å². The average Bonchev–Trinajstić information content (AvgIpc) is 2.48. The third-order valence-electron chi connectivity index (χ3n) is 3.14. The van der Waals surface area contributed by atoms with Gasteiger partial charge in [0.25, 0.3) is 5.56 Å². The van der Waals surface area contributed by atoms with Crippen molar-refractivity contribution in [1.29, 1.82) is 0 Å². The lowest BCUT2D eigenvalue weighted by molar-refractivity contribution is -0.116. The minimum Gasteiger partial charge on any atom is -0.300 e. The molecule has 0 atom stereocenters. The Hall–Kier alpha value is -2.82. The smallest absolute Gasteiger partial charge is 0.282 e. The fourth-order valence-corrected chi connectivity index (χ4v) is 2.28. The van der Waals surface area contributed by atoms with E-state index < -0.39 is 0 Å². The molecule has 0 N–H and O–H groups in total. The molecule has 0 amide bonds. The van der Waals surface area contributed by atoms with Crippen molar-refractivity contribution in [3.8, 4) is 5.69 Å². The van der Waals surface area contributed by atoms with Gasteiger partial charge in [-0.3, -0.25) is 14.2 Å². The first-order valence-corrected chi connectivity index (χ1v) is 6.58. The molecule has 5 heteroatoms. The fraction of sp³-hybridized carbons (Fsp3) is 0.125. The van der Waals surface area contributed by atoms with Crippen molar-refractivity contribution >= 4 is 16.8 Å². The first-order chi connectivity index (χ1) is 10.2. The van der Waals surface area contributed by atoms with Gasteiger partial charge in [-0.15, -0.1) is 0 Å². The average molecular weight is 279 g/mol. The molecule has 2 heterocycles. The Morgan fingerprint density at radius 3 is 2.62 bits per heavy atom. The number of carbonyl (C=O) groups is 1. The third kappa shape index (κ3) is 2.45. The summed E-state index contributed by atoms with van der Waals surface area (Å²) in [7, 11) is 0. The summed E-state index contributed by atoms with van der Waals surface area (Å²) in [6.07, 6.45) is 1.72. The zero-order valence-electron chi connectivity index (χ0n) is 11.5. The first-order valence-electron chi connectivity index (χ1n) is 6.58. The predicted octanol–water partition coefficient (Wildman–Crippen LogP) is 1.91. The third-order valence-corrected chi connectivity index (χ3v) is 3.14. The van der Waals surface area contributed by atoms with E-state index in [0.717, 1.165) is 5.69 Å². The lowest BCUT2D eigenvalue weighted by atomic mass is 10.2. The first kappa shape index (κ1) is 13.2. The van der Waals surface area contributed by atoms with Crippen molar-refractivity contribution < 1.29 is 4.79 Å². The Morgan fingerprint density at radius 1 is 1.14 bits per heavy atom. The van der Waals surface area contributed by atoms with Crippen LogP contribution in [0.3, 0.4) is 0 Å². The highest BCUT2D eigenvalue weighted by Gasteiger charge is 2.14. The Labute approximate surface area is 120 Å². The summed E-state index contributed by atoms with van der Waals surface area (Å²) < 4.78 is 1.76. The van der Waals surface area contributed by atoms with E-state index in [2.05, 4.69) is 9.97 Å². The number of para-hydroxylation sites is 1. The fourth-order valence-electron chi connectivity index (χ4n) is 2.28. The van der Waals surface area contributed by atoms with Gasteiger partial charge in [-0.05, 0) is 31.2 Å². The van der Waals surface area contributed by atoms with E-state index in [4.69, 9.17) is 0 Å². The number of hydrogen-bond acceptors (Lipinski definition) is 4. The second-order valence-corrected chi connectivity index (χ2v) is 4.76. The summed E-state index contributed by atoms with van der Waals surface area (Å²) in [5.74, 6) is 0.353. The van der Waals surface area contributed by atoms with Crippen LogP contribution in [-0.2, 0) is 11.2 Å². The van der Waals surface area contributed by atoms with Crippen LogP contribution in [0, 0.1) is 0 Å². The zero-order valence-corrected chi connectivity index (χ0v) is 11.5. The second-order valence-electron chi connectivity index (χ2n) is 4.76. The van der Waals surface area contributed by atoms with Gasteiger partial charge < -0.3 is 0 Å². The number of fused-ring (bicyclic) bond motifs is 1. The maximum absolute atomic E-state index is 12.1. The number of aromatic nitrogens is 3. The van der Waals surface area contributed by atoms with E-state index in [1.54, 1.807) is 22.9 Å². The van der Waals surface area contributed by atoms with Gasteiger partial charge in [0.15, 0.2) is 5.65 Å². The summed E-state index contributed by atoms with van der Waals surface area (Å²) >= 11 is 0. The highest BCUT2D eigenvalue weighted by atomic mass is 16.1. The number of pyridine rings is 1. The molecular formula is C16H13N3O2. The molecule has 0 spiro atoms. The molecule has 0 radical (unpaired) electrons. The molecule has 3 rings (SSSR count). The number of benzene rings is 1. The number of rotatable bonds is 3. The Kier molecular flexibility index (Phi) is 3.31. The summed E-state index contributed by atoms with van der Waals surface area (Å²) in [4.78, 5) is 31.9. The molecule has 0 fully saturated rings. The molecule has 2 aromatic heterocycles. The number of Topliss-reactive ketones (excluding diaryl/α,β-unsaturated/α-hetero) is 1. The minimum absolute atomic E-state index is 0.0538. The highest BCUT2D eigenvalue weighted by molar-refractivity contribution is 5.80. The van der Waals surface area contributed by atoms with Gasteiger partial charge in [0.2, 0.25) is 0 Å². The maximum atomic E-state index is 12.1. The minimum atomic E-state index is -0.360. The van der Waals surface area contributed by atoms with Crippen LogP contribution in [0.5, 0.6) is 0 Å². The molecule has 1 aromatic carbocycles. The van der Waals surface area contributed by atoms with Crippen LogP contribution in [0.4, 0.5) is 0 Å². The van der Waals surface area contributed by atoms with Crippen molar-refractivity contribution in [3.05, 3.63) is 64.8 Å². The van der Waals surface area contributed by atoms with E-state index >= 15 is 0 Å². The molecule has 0 unspecified atom stereocenters. The van der Waals surface area contributed by atoms with Crippen LogP contribution in [0.25, 0.3) is 16.7 Å². The largest absolute Gasteiger partial charge is 0.300 e. The topological polar surface area (TPSA) is 64.8 Å². The number of carbonyl (C=O) groups excluding carboxylic acids is 1. The molecule has 0 saturated carbocycles. The van der Waals surface area contributed by atoms with Gasteiger partial charge in [-0.1, -0.05) is 18.2 Å². The van der Waals surface area contributed by atoms with Crippen LogP contribution in [-0.4, -0.2) is 20.3 Å². The van der Waals surface area contributed by atoms with Crippen LogP contribution in [0.2, 0.25) is 0 Å². The molecule has 0 aliphatic carbocycles. The molecule has 21 heavy (non-hydrogen) atoms. The van der Waals surface area contributed by atoms with Gasteiger partial charge in [-0.2, -0.15) is 4.98 Å². The van der Waals surface area contributed by atoms with Gasteiger partial charge in [0, 0.05) is 11.9 Å².